The number of aromatic nitrogens is 3. The lowest BCUT2D eigenvalue weighted by molar-refractivity contribution is 0.629. The maximum Gasteiger partial charge on any atom is 0.137 e. The summed E-state index contributed by atoms with van der Waals surface area (Å²) >= 11 is 0. The van der Waals surface area contributed by atoms with Crippen LogP contribution in [0, 0.1) is 12.7 Å². The van der Waals surface area contributed by atoms with E-state index >= 15 is 0 Å². The van der Waals surface area contributed by atoms with Crippen LogP contribution in [0.3, 0.4) is 0 Å². The van der Waals surface area contributed by atoms with Crippen LogP contribution in [0.4, 0.5) is 10.2 Å². The number of nitrogens with zero attached hydrogens (tertiary/aromatic N) is 3. The van der Waals surface area contributed by atoms with Gasteiger partial charge in [0.15, 0.2) is 0 Å². The van der Waals surface area contributed by atoms with Crippen molar-refractivity contribution in [2.45, 2.75) is 13.5 Å². The van der Waals surface area contributed by atoms with E-state index in [4.69, 9.17) is 0 Å². The molecular formula is C15H13FN4. The highest BCUT2D eigenvalue weighted by molar-refractivity contribution is 5.88. The molecule has 0 aliphatic heterocycles. The number of rotatable bonds is 3. The first-order valence-electron chi connectivity index (χ1n) is 6.29. The largest absolute Gasteiger partial charge is 0.364 e. The Balaban J connectivity index is 1.89. The van der Waals surface area contributed by atoms with Crippen LogP contribution in [0.2, 0.25) is 0 Å². The summed E-state index contributed by atoms with van der Waals surface area (Å²) in [7, 11) is 0. The number of nitrogens with one attached hydrogen (secondary N) is 1. The summed E-state index contributed by atoms with van der Waals surface area (Å²) in [6, 6.07) is 10.3. The zero-order valence-electron chi connectivity index (χ0n) is 11.0. The molecule has 0 bridgehead atoms. The van der Waals surface area contributed by atoms with Crippen LogP contribution >= 0.6 is 0 Å². The Kier molecular flexibility index (Phi) is 3.25. The summed E-state index contributed by atoms with van der Waals surface area (Å²) in [5, 5.41) is 3.84. The van der Waals surface area contributed by atoms with Crippen molar-refractivity contribution >= 4 is 16.7 Å². The molecule has 0 saturated carbocycles. The number of hydrogen-bond acceptors (Lipinski definition) is 4. The van der Waals surface area contributed by atoms with Gasteiger partial charge in [0.25, 0.3) is 0 Å². The van der Waals surface area contributed by atoms with Gasteiger partial charge in [-0.1, -0.05) is 6.07 Å². The number of benzene rings is 1. The van der Waals surface area contributed by atoms with Crippen LogP contribution in [0.25, 0.3) is 10.9 Å². The fraction of sp³-hybridized carbons (Fsp3) is 0.133. The number of anilines is 1. The standard InChI is InChI=1S/C15H13FN4/c1-10-3-2-4-12(20-10)8-17-15-13-7-11(16)5-6-14(13)18-9-19-15/h2-7,9H,8H2,1H3,(H,17,18,19). The number of halogens is 1. The van der Waals surface area contributed by atoms with E-state index in [2.05, 4.69) is 20.3 Å². The van der Waals surface area contributed by atoms with Gasteiger partial charge in [-0.3, -0.25) is 4.98 Å². The maximum atomic E-state index is 13.3. The van der Waals surface area contributed by atoms with Crippen molar-refractivity contribution in [2.24, 2.45) is 0 Å². The van der Waals surface area contributed by atoms with E-state index in [1.807, 2.05) is 25.1 Å². The lowest BCUT2D eigenvalue weighted by Gasteiger charge is -2.08. The second kappa shape index (κ2) is 5.21. The lowest BCUT2D eigenvalue weighted by Crippen LogP contribution is -2.04. The molecular weight excluding hydrogens is 255 g/mol. The van der Waals surface area contributed by atoms with Crippen molar-refractivity contribution in [3.05, 3.63) is 59.9 Å². The van der Waals surface area contributed by atoms with E-state index in [0.717, 1.165) is 11.4 Å². The molecule has 3 aromatic rings. The van der Waals surface area contributed by atoms with Crippen molar-refractivity contribution in [2.75, 3.05) is 5.32 Å². The molecule has 1 N–H and O–H groups in total. The molecule has 0 atom stereocenters. The van der Waals surface area contributed by atoms with Gasteiger partial charge in [-0.05, 0) is 37.3 Å². The predicted octanol–water partition coefficient (Wildman–Crippen LogP) is 3.08. The number of fused-ring (bicyclic) bond motifs is 1. The molecule has 2 heterocycles. The molecule has 5 heteroatoms. The third-order valence-corrected chi connectivity index (χ3v) is 2.98. The van der Waals surface area contributed by atoms with Crippen molar-refractivity contribution in [1.82, 2.24) is 15.0 Å². The third-order valence-electron chi connectivity index (χ3n) is 2.98. The minimum absolute atomic E-state index is 0.302. The molecule has 0 fully saturated rings. The van der Waals surface area contributed by atoms with Crippen LogP contribution in [0.15, 0.2) is 42.7 Å². The van der Waals surface area contributed by atoms with Crippen molar-refractivity contribution in [3.63, 3.8) is 0 Å². The van der Waals surface area contributed by atoms with Gasteiger partial charge in [0.1, 0.15) is 18.0 Å². The highest BCUT2D eigenvalue weighted by atomic mass is 19.1. The molecule has 0 unspecified atom stereocenters. The average molecular weight is 268 g/mol. The first-order valence-corrected chi connectivity index (χ1v) is 6.29. The molecule has 0 amide bonds. The highest BCUT2D eigenvalue weighted by Crippen LogP contribution is 2.20. The Morgan fingerprint density at radius 3 is 2.90 bits per heavy atom. The first kappa shape index (κ1) is 12.5. The van der Waals surface area contributed by atoms with Gasteiger partial charge in [0.05, 0.1) is 17.8 Å². The van der Waals surface area contributed by atoms with E-state index in [-0.39, 0.29) is 5.82 Å². The summed E-state index contributed by atoms with van der Waals surface area (Å²) < 4.78 is 13.3. The summed E-state index contributed by atoms with van der Waals surface area (Å²) in [6.45, 7) is 2.48. The SMILES string of the molecule is Cc1cccc(CNc2ncnc3ccc(F)cc23)n1. The summed E-state index contributed by atoms with van der Waals surface area (Å²) in [5.74, 6) is 0.307. The topological polar surface area (TPSA) is 50.7 Å². The number of pyridine rings is 1. The molecule has 1 aromatic carbocycles. The number of aryl methyl sites for hydroxylation is 1. The van der Waals surface area contributed by atoms with Gasteiger partial charge in [-0.15, -0.1) is 0 Å². The summed E-state index contributed by atoms with van der Waals surface area (Å²) in [5.41, 5.74) is 2.58. The zero-order chi connectivity index (χ0) is 13.9. The van der Waals surface area contributed by atoms with Gasteiger partial charge >= 0.3 is 0 Å². The molecule has 4 nitrogen and oxygen atoms in total. The minimum atomic E-state index is -0.302. The second-order valence-corrected chi connectivity index (χ2v) is 4.51. The second-order valence-electron chi connectivity index (χ2n) is 4.51. The van der Waals surface area contributed by atoms with Crippen molar-refractivity contribution in [3.8, 4) is 0 Å². The first-order chi connectivity index (χ1) is 9.72. The smallest absolute Gasteiger partial charge is 0.137 e. The normalized spacial score (nSPS) is 10.7. The van der Waals surface area contributed by atoms with E-state index in [9.17, 15) is 4.39 Å². The van der Waals surface area contributed by atoms with E-state index < -0.39 is 0 Å². The van der Waals surface area contributed by atoms with Crippen LogP contribution in [0.1, 0.15) is 11.4 Å². The molecule has 100 valence electrons. The Bertz CT molecular complexity index is 758. The molecule has 20 heavy (non-hydrogen) atoms. The van der Waals surface area contributed by atoms with Crippen LogP contribution in [-0.2, 0) is 6.54 Å². The predicted molar refractivity (Wildman–Crippen MR) is 75.8 cm³/mol. The average Bonchev–Trinajstić information content (AvgIpc) is 2.45. The van der Waals surface area contributed by atoms with Crippen LogP contribution in [-0.4, -0.2) is 15.0 Å². The summed E-state index contributed by atoms with van der Waals surface area (Å²) in [6.07, 6.45) is 1.46. The molecule has 0 spiro atoms. The van der Waals surface area contributed by atoms with E-state index in [1.54, 1.807) is 6.07 Å². The molecule has 3 rings (SSSR count). The Labute approximate surface area is 115 Å². The Hall–Kier alpha value is -2.56. The fourth-order valence-electron chi connectivity index (χ4n) is 2.04. The van der Waals surface area contributed by atoms with Crippen molar-refractivity contribution in [1.29, 1.82) is 0 Å². The van der Waals surface area contributed by atoms with E-state index in [1.165, 1.54) is 18.5 Å². The highest BCUT2D eigenvalue weighted by Gasteiger charge is 2.05. The van der Waals surface area contributed by atoms with Crippen LogP contribution < -0.4 is 5.32 Å². The molecule has 0 aliphatic carbocycles. The summed E-state index contributed by atoms with van der Waals surface area (Å²) in [4.78, 5) is 12.7. The van der Waals surface area contributed by atoms with E-state index in [0.29, 0.717) is 23.3 Å². The fourth-order valence-corrected chi connectivity index (χ4v) is 2.04. The minimum Gasteiger partial charge on any atom is -0.364 e. The monoisotopic (exact) mass is 268 g/mol. The maximum absolute atomic E-state index is 13.3. The molecule has 0 radical (unpaired) electrons. The van der Waals surface area contributed by atoms with Crippen LogP contribution in [0.5, 0.6) is 0 Å². The molecule has 2 aromatic heterocycles. The van der Waals surface area contributed by atoms with Gasteiger partial charge < -0.3 is 5.32 Å². The van der Waals surface area contributed by atoms with Gasteiger partial charge in [-0.2, -0.15) is 0 Å². The Morgan fingerprint density at radius 2 is 2.05 bits per heavy atom. The lowest BCUT2D eigenvalue weighted by atomic mass is 10.2. The van der Waals surface area contributed by atoms with Crippen molar-refractivity contribution < 1.29 is 4.39 Å². The third kappa shape index (κ3) is 2.56. The van der Waals surface area contributed by atoms with Gasteiger partial charge in [-0.25, -0.2) is 14.4 Å². The zero-order valence-corrected chi connectivity index (χ0v) is 11.0. The van der Waals surface area contributed by atoms with Gasteiger partial charge in [0.2, 0.25) is 0 Å². The quantitative estimate of drug-likeness (QED) is 0.793. The molecule has 0 aliphatic rings. The number of hydrogen-bond donors (Lipinski definition) is 1. The Morgan fingerprint density at radius 1 is 1.15 bits per heavy atom. The van der Waals surface area contributed by atoms with Gasteiger partial charge in [0, 0.05) is 11.1 Å². The molecule has 0 saturated heterocycles.